The molecule has 1 amide bonds. The second-order valence-electron chi connectivity index (χ2n) is 7.12. The second-order valence-corrected chi connectivity index (χ2v) is 9.06. The molecule has 0 aromatic heterocycles. The van der Waals surface area contributed by atoms with Crippen molar-refractivity contribution in [2.75, 3.05) is 33.3 Å². The van der Waals surface area contributed by atoms with Gasteiger partial charge in [0.2, 0.25) is 10.0 Å². The van der Waals surface area contributed by atoms with Gasteiger partial charge < -0.3 is 9.64 Å². The maximum Gasteiger partial charge on any atom is 0.256 e. The molecule has 1 heterocycles. The first kappa shape index (κ1) is 21.3. The molecule has 1 aliphatic rings. The molecular weight excluding hydrogens is 395 g/mol. The number of methoxy groups -OCH3 is 1. The fourth-order valence-electron chi connectivity index (χ4n) is 3.67. The van der Waals surface area contributed by atoms with Crippen LogP contribution in [0.3, 0.4) is 0 Å². The largest absolute Gasteiger partial charge is 0.496 e. The third-order valence-corrected chi connectivity index (χ3v) is 7.00. The molecular formula is C21H25FN2O4S. The van der Waals surface area contributed by atoms with Crippen molar-refractivity contribution in [2.24, 2.45) is 0 Å². The number of aryl methyl sites for hydroxylation is 2. The van der Waals surface area contributed by atoms with E-state index in [1.165, 1.54) is 27.4 Å². The maximum atomic E-state index is 14.0. The standard InChI is InChI=1S/C21H25FN2O4S/c1-15-13-17(14-16(2)20(15)28-3)29(26,27)24-10-6-9-23(11-12-24)21(25)18-7-4-5-8-19(18)22/h4-5,7-8,13-14H,6,9-12H2,1-3H3. The van der Waals surface area contributed by atoms with E-state index in [2.05, 4.69) is 0 Å². The molecule has 1 aliphatic heterocycles. The second kappa shape index (κ2) is 8.51. The Kier molecular flexibility index (Phi) is 6.24. The first-order valence-electron chi connectivity index (χ1n) is 9.45. The number of halogens is 1. The van der Waals surface area contributed by atoms with E-state index >= 15 is 0 Å². The van der Waals surface area contributed by atoms with Gasteiger partial charge in [0, 0.05) is 26.2 Å². The predicted octanol–water partition coefficient (Wildman–Crippen LogP) is 2.99. The Bertz CT molecular complexity index is 1000. The number of ether oxygens (including phenoxy) is 1. The summed E-state index contributed by atoms with van der Waals surface area (Å²) < 4.78 is 47.0. The number of hydrogen-bond acceptors (Lipinski definition) is 4. The van der Waals surface area contributed by atoms with E-state index < -0.39 is 21.7 Å². The van der Waals surface area contributed by atoms with E-state index in [4.69, 9.17) is 4.74 Å². The fourth-order valence-corrected chi connectivity index (χ4v) is 5.31. The molecule has 1 saturated heterocycles. The van der Waals surface area contributed by atoms with Gasteiger partial charge in [-0.1, -0.05) is 12.1 Å². The van der Waals surface area contributed by atoms with E-state index in [1.54, 1.807) is 25.3 Å². The molecule has 0 spiro atoms. The van der Waals surface area contributed by atoms with Gasteiger partial charge >= 0.3 is 0 Å². The van der Waals surface area contributed by atoms with Crippen LogP contribution in [0.15, 0.2) is 41.3 Å². The number of benzene rings is 2. The van der Waals surface area contributed by atoms with Crippen LogP contribution in [0.1, 0.15) is 27.9 Å². The molecule has 0 atom stereocenters. The summed E-state index contributed by atoms with van der Waals surface area (Å²) in [4.78, 5) is 14.4. The zero-order valence-electron chi connectivity index (χ0n) is 16.8. The molecule has 0 saturated carbocycles. The van der Waals surface area contributed by atoms with E-state index in [-0.39, 0.29) is 23.5 Å². The van der Waals surface area contributed by atoms with Crippen LogP contribution < -0.4 is 4.74 Å². The minimum atomic E-state index is -3.71. The highest BCUT2D eigenvalue weighted by molar-refractivity contribution is 7.89. The Hall–Kier alpha value is -2.45. The number of rotatable bonds is 4. The van der Waals surface area contributed by atoms with Crippen molar-refractivity contribution < 1.29 is 22.3 Å². The summed E-state index contributed by atoms with van der Waals surface area (Å²) in [6.45, 7) is 4.66. The molecule has 156 valence electrons. The number of amides is 1. The normalized spacial score (nSPS) is 15.8. The third kappa shape index (κ3) is 4.28. The lowest BCUT2D eigenvalue weighted by atomic mass is 10.1. The smallest absolute Gasteiger partial charge is 0.256 e. The van der Waals surface area contributed by atoms with Crippen LogP contribution in [0.2, 0.25) is 0 Å². The third-order valence-electron chi connectivity index (χ3n) is 5.12. The van der Waals surface area contributed by atoms with Gasteiger partial charge in [-0.3, -0.25) is 4.79 Å². The van der Waals surface area contributed by atoms with Crippen molar-refractivity contribution in [3.63, 3.8) is 0 Å². The van der Waals surface area contributed by atoms with Gasteiger partial charge in [0.1, 0.15) is 11.6 Å². The van der Waals surface area contributed by atoms with E-state index in [0.29, 0.717) is 25.3 Å². The van der Waals surface area contributed by atoms with Crippen LogP contribution in [0.5, 0.6) is 5.75 Å². The lowest BCUT2D eigenvalue weighted by molar-refractivity contribution is 0.0759. The van der Waals surface area contributed by atoms with E-state index in [9.17, 15) is 17.6 Å². The summed E-state index contributed by atoms with van der Waals surface area (Å²) in [5.41, 5.74) is 1.50. The Balaban J connectivity index is 1.80. The van der Waals surface area contributed by atoms with Gasteiger partial charge in [-0.15, -0.1) is 0 Å². The molecule has 0 bridgehead atoms. The van der Waals surface area contributed by atoms with Crippen molar-refractivity contribution in [3.8, 4) is 5.75 Å². The van der Waals surface area contributed by atoms with Crippen molar-refractivity contribution in [3.05, 3.63) is 58.9 Å². The van der Waals surface area contributed by atoms with Crippen LogP contribution >= 0.6 is 0 Å². The predicted molar refractivity (Wildman–Crippen MR) is 108 cm³/mol. The molecule has 2 aromatic carbocycles. The number of carbonyl (C=O) groups excluding carboxylic acids is 1. The Labute approximate surface area is 170 Å². The average Bonchev–Trinajstić information content (AvgIpc) is 2.94. The molecule has 2 aromatic rings. The topological polar surface area (TPSA) is 66.9 Å². The SMILES string of the molecule is COc1c(C)cc(S(=O)(=O)N2CCCN(C(=O)c3ccccc3F)CC2)cc1C. The van der Waals surface area contributed by atoms with Gasteiger partial charge in [0.15, 0.2) is 0 Å². The van der Waals surface area contributed by atoms with Gasteiger partial charge in [-0.2, -0.15) is 4.31 Å². The summed E-state index contributed by atoms with van der Waals surface area (Å²) in [5.74, 6) is -0.324. The summed E-state index contributed by atoms with van der Waals surface area (Å²) in [7, 11) is -2.16. The lowest BCUT2D eigenvalue weighted by Crippen LogP contribution is -2.37. The fraction of sp³-hybridized carbons (Fsp3) is 0.381. The molecule has 0 unspecified atom stereocenters. The summed E-state index contributed by atoms with van der Waals surface area (Å²) in [5, 5.41) is 0. The van der Waals surface area contributed by atoms with Gasteiger partial charge in [0.25, 0.3) is 5.91 Å². The molecule has 0 aliphatic carbocycles. The maximum absolute atomic E-state index is 14.0. The Morgan fingerprint density at radius 1 is 1.03 bits per heavy atom. The summed E-state index contributed by atoms with van der Waals surface area (Å²) in [6.07, 6.45) is 0.480. The number of hydrogen-bond donors (Lipinski definition) is 0. The minimum absolute atomic E-state index is 0.00483. The van der Waals surface area contributed by atoms with Crippen LogP contribution in [-0.2, 0) is 10.0 Å². The first-order chi connectivity index (χ1) is 13.8. The van der Waals surface area contributed by atoms with E-state index in [1.807, 2.05) is 13.8 Å². The number of sulfonamides is 1. The highest BCUT2D eigenvalue weighted by Crippen LogP contribution is 2.28. The van der Waals surface area contributed by atoms with Crippen LogP contribution in [-0.4, -0.2) is 56.8 Å². The number of nitrogens with zero attached hydrogens (tertiary/aromatic N) is 2. The zero-order valence-corrected chi connectivity index (χ0v) is 17.6. The van der Waals surface area contributed by atoms with Crippen LogP contribution in [0.25, 0.3) is 0 Å². The minimum Gasteiger partial charge on any atom is -0.496 e. The molecule has 0 N–H and O–H groups in total. The molecule has 1 fully saturated rings. The van der Waals surface area contributed by atoms with Crippen molar-refractivity contribution in [1.29, 1.82) is 0 Å². The van der Waals surface area contributed by atoms with Crippen molar-refractivity contribution in [1.82, 2.24) is 9.21 Å². The molecule has 8 heteroatoms. The molecule has 3 rings (SSSR count). The Morgan fingerprint density at radius 2 is 1.69 bits per heavy atom. The highest BCUT2D eigenvalue weighted by Gasteiger charge is 2.30. The van der Waals surface area contributed by atoms with Gasteiger partial charge in [-0.05, 0) is 55.7 Å². The molecule has 0 radical (unpaired) electrons. The Morgan fingerprint density at radius 3 is 2.31 bits per heavy atom. The summed E-state index contributed by atoms with van der Waals surface area (Å²) in [6, 6.07) is 9.04. The summed E-state index contributed by atoms with van der Waals surface area (Å²) >= 11 is 0. The van der Waals surface area contributed by atoms with Crippen molar-refractivity contribution in [2.45, 2.75) is 25.2 Å². The molecule has 29 heavy (non-hydrogen) atoms. The quantitative estimate of drug-likeness (QED) is 0.763. The van der Waals surface area contributed by atoms with Crippen molar-refractivity contribution >= 4 is 15.9 Å². The van der Waals surface area contributed by atoms with Crippen LogP contribution in [0, 0.1) is 19.7 Å². The molecule has 6 nitrogen and oxygen atoms in total. The monoisotopic (exact) mass is 420 g/mol. The van der Waals surface area contributed by atoms with Crippen LogP contribution in [0.4, 0.5) is 4.39 Å². The first-order valence-corrected chi connectivity index (χ1v) is 10.9. The van der Waals surface area contributed by atoms with E-state index in [0.717, 1.165) is 11.1 Å². The zero-order chi connectivity index (χ0) is 21.2. The average molecular weight is 421 g/mol. The van der Waals surface area contributed by atoms with Gasteiger partial charge in [-0.25, -0.2) is 12.8 Å². The number of carbonyl (C=O) groups is 1. The highest BCUT2D eigenvalue weighted by atomic mass is 32.2. The van der Waals surface area contributed by atoms with Gasteiger partial charge in [0.05, 0.1) is 17.6 Å². The lowest BCUT2D eigenvalue weighted by Gasteiger charge is -2.23.